The van der Waals surface area contributed by atoms with Gasteiger partial charge in [0.25, 0.3) is 0 Å². The van der Waals surface area contributed by atoms with Gasteiger partial charge in [-0.05, 0) is 18.9 Å². The van der Waals surface area contributed by atoms with Crippen LogP contribution in [0.15, 0.2) is 12.3 Å². The zero-order chi connectivity index (χ0) is 15.5. The second-order valence-electron chi connectivity index (χ2n) is 6.55. The Labute approximate surface area is 132 Å². The molecule has 22 heavy (non-hydrogen) atoms. The van der Waals surface area contributed by atoms with Crippen LogP contribution in [0.2, 0.25) is 0 Å². The Hall–Kier alpha value is -1.40. The third-order valence-corrected chi connectivity index (χ3v) is 4.83. The Morgan fingerprint density at radius 1 is 1.14 bits per heavy atom. The molecule has 0 amide bonds. The van der Waals surface area contributed by atoms with Gasteiger partial charge in [0.15, 0.2) is 0 Å². The number of rotatable bonds is 3. The van der Waals surface area contributed by atoms with Crippen LogP contribution in [0.3, 0.4) is 0 Å². The molecule has 0 radical (unpaired) electrons. The van der Waals surface area contributed by atoms with Crippen LogP contribution in [0.25, 0.3) is 0 Å². The lowest BCUT2D eigenvalue weighted by atomic mass is 9.91. The summed E-state index contributed by atoms with van der Waals surface area (Å²) in [6.45, 7) is 3.94. The van der Waals surface area contributed by atoms with Crippen molar-refractivity contribution < 1.29 is 5.11 Å². The second kappa shape index (κ2) is 6.79. The van der Waals surface area contributed by atoms with E-state index in [4.69, 9.17) is 0 Å². The minimum absolute atomic E-state index is 0.139. The first-order valence-electron chi connectivity index (χ1n) is 8.32. The summed E-state index contributed by atoms with van der Waals surface area (Å²) in [7, 11) is 3.92. The summed E-state index contributed by atoms with van der Waals surface area (Å²) in [6, 6.07) is 2.34. The fourth-order valence-corrected chi connectivity index (χ4v) is 3.53. The molecule has 122 valence electrons. The van der Waals surface area contributed by atoms with E-state index in [1.165, 1.54) is 12.8 Å². The van der Waals surface area contributed by atoms with Crippen LogP contribution in [0.5, 0.6) is 0 Å². The number of aliphatic hydroxyl groups excluding tert-OH is 1. The van der Waals surface area contributed by atoms with E-state index in [0.29, 0.717) is 6.04 Å². The quantitative estimate of drug-likeness (QED) is 0.898. The predicted molar refractivity (Wildman–Crippen MR) is 88.4 cm³/mol. The number of hydrogen-bond acceptors (Lipinski definition) is 6. The van der Waals surface area contributed by atoms with Crippen LogP contribution < -0.4 is 9.80 Å². The molecule has 2 heterocycles. The molecule has 2 atom stereocenters. The van der Waals surface area contributed by atoms with Gasteiger partial charge in [0.2, 0.25) is 5.95 Å². The van der Waals surface area contributed by atoms with E-state index in [-0.39, 0.29) is 6.10 Å². The van der Waals surface area contributed by atoms with Crippen molar-refractivity contribution in [2.75, 3.05) is 50.1 Å². The fourth-order valence-electron chi connectivity index (χ4n) is 3.53. The maximum atomic E-state index is 10.2. The van der Waals surface area contributed by atoms with Crippen molar-refractivity contribution in [2.24, 2.45) is 0 Å². The standard InChI is InChI=1S/C16H27N5O/c1-19(2)16-17-8-7-15(18-16)21-11-9-20(10-12-21)13-5-3-4-6-14(13)22/h7-8,13-14,22H,3-6,9-12H2,1-2H3. The van der Waals surface area contributed by atoms with Crippen LogP contribution in [0.1, 0.15) is 25.7 Å². The van der Waals surface area contributed by atoms with Crippen molar-refractivity contribution >= 4 is 11.8 Å². The van der Waals surface area contributed by atoms with Crippen LogP contribution in [-0.4, -0.2) is 72.4 Å². The zero-order valence-corrected chi connectivity index (χ0v) is 13.6. The number of aliphatic hydroxyl groups is 1. The molecule has 0 bridgehead atoms. The molecule has 1 aromatic heterocycles. The van der Waals surface area contributed by atoms with Crippen LogP contribution in [0.4, 0.5) is 11.8 Å². The maximum Gasteiger partial charge on any atom is 0.226 e. The molecule has 3 rings (SSSR count). The highest BCUT2D eigenvalue weighted by Crippen LogP contribution is 2.25. The number of anilines is 2. The normalized spacial score (nSPS) is 27.0. The molecule has 6 nitrogen and oxygen atoms in total. The number of piperazine rings is 1. The Bertz CT molecular complexity index is 487. The lowest BCUT2D eigenvalue weighted by Crippen LogP contribution is -2.54. The van der Waals surface area contributed by atoms with Crippen molar-refractivity contribution in [2.45, 2.75) is 37.8 Å². The first-order valence-corrected chi connectivity index (χ1v) is 8.32. The van der Waals surface area contributed by atoms with Gasteiger partial charge in [-0.25, -0.2) is 4.98 Å². The number of nitrogens with zero attached hydrogens (tertiary/aromatic N) is 5. The zero-order valence-electron chi connectivity index (χ0n) is 13.6. The maximum absolute atomic E-state index is 10.2. The molecule has 1 aliphatic heterocycles. The summed E-state index contributed by atoms with van der Waals surface area (Å²) >= 11 is 0. The first kappa shape index (κ1) is 15.5. The molecule has 2 fully saturated rings. The smallest absolute Gasteiger partial charge is 0.226 e. The molecule has 0 aromatic carbocycles. The Morgan fingerprint density at radius 3 is 2.55 bits per heavy atom. The molecule has 2 unspecified atom stereocenters. The molecule has 1 saturated heterocycles. The Morgan fingerprint density at radius 2 is 1.86 bits per heavy atom. The molecule has 0 spiro atoms. The van der Waals surface area contributed by atoms with Crippen molar-refractivity contribution in [3.63, 3.8) is 0 Å². The van der Waals surface area contributed by atoms with E-state index >= 15 is 0 Å². The third kappa shape index (κ3) is 3.33. The molecule has 1 aliphatic carbocycles. The summed E-state index contributed by atoms with van der Waals surface area (Å²) in [5, 5.41) is 10.2. The van der Waals surface area contributed by atoms with Gasteiger partial charge < -0.3 is 14.9 Å². The summed E-state index contributed by atoms with van der Waals surface area (Å²) in [4.78, 5) is 15.6. The van der Waals surface area contributed by atoms with Gasteiger partial charge >= 0.3 is 0 Å². The van der Waals surface area contributed by atoms with Crippen molar-refractivity contribution in [3.8, 4) is 0 Å². The van der Waals surface area contributed by atoms with Gasteiger partial charge in [-0.2, -0.15) is 4.98 Å². The summed E-state index contributed by atoms with van der Waals surface area (Å²) in [6.07, 6.45) is 6.21. The van der Waals surface area contributed by atoms with Crippen LogP contribution >= 0.6 is 0 Å². The monoisotopic (exact) mass is 305 g/mol. The number of aromatic nitrogens is 2. The van der Waals surface area contributed by atoms with Crippen molar-refractivity contribution in [1.29, 1.82) is 0 Å². The molecule has 1 aromatic rings. The molecule has 6 heteroatoms. The topological polar surface area (TPSA) is 55.7 Å². The highest BCUT2D eigenvalue weighted by molar-refractivity contribution is 5.43. The van der Waals surface area contributed by atoms with Crippen LogP contribution in [0, 0.1) is 0 Å². The summed E-state index contributed by atoms with van der Waals surface area (Å²) in [5.74, 6) is 1.75. The molecular weight excluding hydrogens is 278 g/mol. The highest BCUT2D eigenvalue weighted by Gasteiger charge is 2.31. The number of hydrogen-bond donors (Lipinski definition) is 1. The van der Waals surface area contributed by atoms with Crippen molar-refractivity contribution in [1.82, 2.24) is 14.9 Å². The molecule has 1 N–H and O–H groups in total. The van der Waals surface area contributed by atoms with Crippen LogP contribution in [-0.2, 0) is 0 Å². The van der Waals surface area contributed by atoms with Gasteiger partial charge in [0.1, 0.15) is 5.82 Å². The molecule has 1 saturated carbocycles. The first-order chi connectivity index (χ1) is 10.6. The van der Waals surface area contributed by atoms with E-state index in [2.05, 4.69) is 19.8 Å². The van der Waals surface area contributed by atoms with Gasteiger partial charge in [0.05, 0.1) is 6.10 Å². The van der Waals surface area contributed by atoms with Crippen molar-refractivity contribution in [3.05, 3.63) is 12.3 Å². The van der Waals surface area contributed by atoms with E-state index in [9.17, 15) is 5.11 Å². The van der Waals surface area contributed by atoms with E-state index < -0.39 is 0 Å². The average Bonchev–Trinajstić information content (AvgIpc) is 2.56. The van der Waals surface area contributed by atoms with E-state index in [0.717, 1.165) is 50.8 Å². The third-order valence-electron chi connectivity index (χ3n) is 4.83. The van der Waals surface area contributed by atoms with E-state index in [1.54, 1.807) is 0 Å². The van der Waals surface area contributed by atoms with Gasteiger partial charge in [-0.3, -0.25) is 4.90 Å². The lowest BCUT2D eigenvalue weighted by Gasteiger charge is -2.43. The van der Waals surface area contributed by atoms with Gasteiger partial charge in [-0.1, -0.05) is 12.8 Å². The van der Waals surface area contributed by atoms with E-state index in [1.807, 2.05) is 31.3 Å². The SMILES string of the molecule is CN(C)c1nccc(N2CCN(C3CCCCC3O)CC2)n1. The van der Waals surface area contributed by atoms with Gasteiger partial charge in [0, 0.05) is 52.5 Å². The lowest BCUT2D eigenvalue weighted by molar-refractivity contribution is 0.0172. The highest BCUT2D eigenvalue weighted by atomic mass is 16.3. The Kier molecular flexibility index (Phi) is 4.78. The molecule has 2 aliphatic rings. The molecular formula is C16H27N5O. The Balaban J connectivity index is 1.60. The summed E-state index contributed by atoms with van der Waals surface area (Å²) in [5.41, 5.74) is 0. The average molecular weight is 305 g/mol. The largest absolute Gasteiger partial charge is 0.391 e. The summed E-state index contributed by atoms with van der Waals surface area (Å²) < 4.78 is 0. The minimum atomic E-state index is -0.139. The second-order valence-corrected chi connectivity index (χ2v) is 6.55. The minimum Gasteiger partial charge on any atom is -0.391 e. The predicted octanol–water partition coefficient (Wildman–Crippen LogP) is 0.968. The fraction of sp³-hybridized carbons (Fsp3) is 0.750. The van der Waals surface area contributed by atoms with Gasteiger partial charge in [-0.15, -0.1) is 0 Å².